The van der Waals surface area contributed by atoms with E-state index in [4.69, 9.17) is 10.00 Å². The number of amides is 1. The minimum atomic E-state index is -0.539. The Hall–Kier alpha value is -2.35. The van der Waals surface area contributed by atoms with Gasteiger partial charge in [-0.05, 0) is 70.2 Å². The Labute approximate surface area is 147 Å². The van der Waals surface area contributed by atoms with Gasteiger partial charge in [-0.25, -0.2) is 9.18 Å². The third-order valence-corrected chi connectivity index (χ3v) is 4.68. The summed E-state index contributed by atoms with van der Waals surface area (Å²) in [7, 11) is 0. The van der Waals surface area contributed by atoms with Crippen molar-refractivity contribution in [1.82, 2.24) is 4.90 Å². The van der Waals surface area contributed by atoms with Gasteiger partial charge < -0.3 is 4.74 Å². The molecule has 1 aromatic carbocycles. The highest BCUT2D eigenvalue weighted by Gasteiger charge is 2.39. The second kappa shape index (κ2) is 6.51. The molecule has 132 valence electrons. The van der Waals surface area contributed by atoms with E-state index in [0.717, 1.165) is 24.8 Å². The molecule has 2 heterocycles. The average Bonchev–Trinajstić information content (AvgIpc) is 2.52. The van der Waals surface area contributed by atoms with Crippen LogP contribution in [0.1, 0.15) is 57.6 Å². The van der Waals surface area contributed by atoms with Crippen LogP contribution in [0.25, 0.3) is 5.57 Å². The number of halogens is 1. The molecule has 1 aromatic rings. The highest BCUT2D eigenvalue weighted by molar-refractivity contribution is 5.75. The molecule has 0 aliphatic carbocycles. The molecule has 2 atom stereocenters. The number of hydrogen-bond acceptors (Lipinski definition) is 3. The van der Waals surface area contributed by atoms with Crippen LogP contribution >= 0.6 is 0 Å². The summed E-state index contributed by atoms with van der Waals surface area (Å²) in [4.78, 5) is 14.4. The SMILES string of the molecule is CC(C)(C)OC(=O)N1C2C=C(c3cc(C#N)ccc3F)CC1CCC2. The van der Waals surface area contributed by atoms with Gasteiger partial charge >= 0.3 is 6.09 Å². The lowest BCUT2D eigenvalue weighted by molar-refractivity contribution is 0.0000778. The third-order valence-electron chi connectivity index (χ3n) is 4.68. The van der Waals surface area contributed by atoms with Gasteiger partial charge in [-0.15, -0.1) is 0 Å². The predicted octanol–water partition coefficient (Wildman–Crippen LogP) is 4.64. The number of rotatable bonds is 1. The van der Waals surface area contributed by atoms with E-state index in [1.807, 2.05) is 31.7 Å². The molecule has 3 rings (SSSR count). The number of hydrogen-bond donors (Lipinski definition) is 0. The zero-order chi connectivity index (χ0) is 18.2. The summed E-state index contributed by atoms with van der Waals surface area (Å²) in [5.74, 6) is -0.325. The number of ether oxygens (including phenoxy) is 1. The summed E-state index contributed by atoms with van der Waals surface area (Å²) < 4.78 is 19.8. The molecule has 5 heteroatoms. The van der Waals surface area contributed by atoms with Crippen LogP contribution in [0.15, 0.2) is 24.3 Å². The smallest absolute Gasteiger partial charge is 0.411 e. The number of carbonyl (C=O) groups is 1. The first-order valence-electron chi connectivity index (χ1n) is 8.70. The largest absolute Gasteiger partial charge is 0.444 e. The number of carbonyl (C=O) groups excluding carboxylic acids is 1. The van der Waals surface area contributed by atoms with Crippen molar-refractivity contribution < 1.29 is 13.9 Å². The van der Waals surface area contributed by atoms with Crippen molar-refractivity contribution in [1.29, 1.82) is 5.26 Å². The van der Waals surface area contributed by atoms with Crippen LogP contribution in [-0.2, 0) is 4.74 Å². The number of fused-ring (bicyclic) bond motifs is 2. The van der Waals surface area contributed by atoms with Crippen LogP contribution in [0.4, 0.5) is 9.18 Å². The van der Waals surface area contributed by atoms with Crippen molar-refractivity contribution in [3.8, 4) is 6.07 Å². The predicted molar refractivity (Wildman–Crippen MR) is 93.2 cm³/mol. The first-order valence-corrected chi connectivity index (χ1v) is 8.70. The van der Waals surface area contributed by atoms with E-state index in [9.17, 15) is 9.18 Å². The van der Waals surface area contributed by atoms with Crippen LogP contribution < -0.4 is 0 Å². The number of nitrogens with zero attached hydrogens (tertiary/aromatic N) is 2. The molecule has 2 bridgehead atoms. The lowest BCUT2D eigenvalue weighted by Crippen LogP contribution is -2.53. The Morgan fingerprint density at radius 2 is 2.12 bits per heavy atom. The van der Waals surface area contributed by atoms with Gasteiger partial charge in [0.2, 0.25) is 0 Å². The Morgan fingerprint density at radius 3 is 2.76 bits per heavy atom. The first-order chi connectivity index (χ1) is 11.8. The molecule has 2 unspecified atom stereocenters. The van der Waals surface area contributed by atoms with Gasteiger partial charge in [-0.1, -0.05) is 6.08 Å². The van der Waals surface area contributed by atoms with E-state index >= 15 is 0 Å². The summed E-state index contributed by atoms with van der Waals surface area (Å²) in [5.41, 5.74) is 1.25. The van der Waals surface area contributed by atoms with Gasteiger partial charge in [0.25, 0.3) is 0 Å². The van der Waals surface area contributed by atoms with Crippen molar-refractivity contribution in [2.24, 2.45) is 0 Å². The maximum atomic E-state index is 14.3. The Balaban J connectivity index is 1.92. The van der Waals surface area contributed by atoms with Gasteiger partial charge in [0.1, 0.15) is 11.4 Å². The summed E-state index contributed by atoms with van der Waals surface area (Å²) in [5, 5.41) is 9.07. The second-order valence-electron chi connectivity index (χ2n) is 7.74. The quantitative estimate of drug-likeness (QED) is 0.747. The van der Waals surface area contributed by atoms with E-state index in [2.05, 4.69) is 6.07 Å². The van der Waals surface area contributed by atoms with Crippen molar-refractivity contribution in [2.75, 3.05) is 0 Å². The van der Waals surface area contributed by atoms with E-state index in [0.29, 0.717) is 17.5 Å². The summed E-state index contributed by atoms with van der Waals surface area (Å²) in [6, 6.07) is 6.41. The van der Waals surface area contributed by atoms with Crippen molar-refractivity contribution in [3.05, 3.63) is 41.2 Å². The topological polar surface area (TPSA) is 53.3 Å². The molecule has 0 radical (unpaired) electrons. The van der Waals surface area contributed by atoms with Crippen LogP contribution in [0.2, 0.25) is 0 Å². The van der Waals surface area contributed by atoms with Gasteiger partial charge in [0.05, 0.1) is 17.7 Å². The zero-order valence-corrected chi connectivity index (χ0v) is 14.9. The maximum Gasteiger partial charge on any atom is 0.411 e. The molecule has 1 saturated heterocycles. The molecule has 1 amide bonds. The first kappa shape index (κ1) is 17.5. The van der Waals surface area contributed by atoms with Crippen molar-refractivity contribution >= 4 is 11.7 Å². The molecular weight excluding hydrogens is 319 g/mol. The molecule has 0 saturated carbocycles. The second-order valence-corrected chi connectivity index (χ2v) is 7.74. The summed E-state index contributed by atoms with van der Waals surface area (Å²) >= 11 is 0. The highest BCUT2D eigenvalue weighted by Crippen LogP contribution is 2.38. The van der Waals surface area contributed by atoms with Crippen LogP contribution in [0, 0.1) is 17.1 Å². The minimum Gasteiger partial charge on any atom is -0.444 e. The van der Waals surface area contributed by atoms with Crippen LogP contribution in [0.5, 0.6) is 0 Å². The fourth-order valence-corrected chi connectivity index (χ4v) is 3.67. The van der Waals surface area contributed by atoms with Gasteiger partial charge in [-0.2, -0.15) is 5.26 Å². The molecule has 4 nitrogen and oxygen atoms in total. The van der Waals surface area contributed by atoms with Gasteiger partial charge in [0, 0.05) is 11.6 Å². The standard InChI is InChI=1S/C20H23FN2O2/c1-20(2,3)25-19(24)23-15-5-4-6-16(23)11-14(10-15)17-9-13(12-22)7-8-18(17)21/h7-10,15-16H,4-6,11H2,1-3H3. The molecule has 25 heavy (non-hydrogen) atoms. The third kappa shape index (κ3) is 3.68. The normalized spacial score (nSPS) is 22.8. The van der Waals surface area contributed by atoms with E-state index in [1.165, 1.54) is 12.1 Å². The molecule has 0 aromatic heterocycles. The maximum absolute atomic E-state index is 14.3. The van der Waals surface area contributed by atoms with E-state index in [-0.39, 0.29) is 24.0 Å². The number of nitriles is 1. The van der Waals surface area contributed by atoms with Gasteiger partial charge in [0.15, 0.2) is 0 Å². The molecule has 2 aliphatic heterocycles. The Morgan fingerprint density at radius 1 is 1.36 bits per heavy atom. The lowest BCUT2D eigenvalue weighted by atomic mass is 9.82. The van der Waals surface area contributed by atoms with Gasteiger partial charge in [-0.3, -0.25) is 4.90 Å². The Kier molecular flexibility index (Phi) is 4.55. The van der Waals surface area contributed by atoms with Crippen LogP contribution in [0.3, 0.4) is 0 Å². The minimum absolute atomic E-state index is 0.0127. The molecular formula is C20H23FN2O2. The van der Waals surface area contributed by atoms with Crippen molar-refractivity contribution in [2.45, 2.75) is 64.1 Å². The van der Waals surface area contributed by atoms with E-state index in [1.54, 1.807) is 6.07 Å². The monoisotopic (exact) mass is 342 g/mol. The fourth-order valence-electron chi connectivity index (χ4n) is 3.67. The van der Waals surface area contributed by atoms with E-state index < -0.39 is 5.60 Å². The summed E-state index contributed by atoms with van der Waals surface area (Å²) in [6.07, 6.45) is 5.02. The molecule has 1 fully saturated rings. The molecule has 0 N–H and O–H groups in total. The number of piperidine rings is 1. The zero-order valence-electron chi connectivity index (χ0n) is 14.9. The fraction of sp³-hybridized carbons (Fsp3) is 0.500. The number of benzene rings is 1. The average molecular weight is 342 g/mol. The molecule has 0 spiro atoms. The summed E-state index contributed by atoms with van der Waals surface area (Å²) in [6.45, 7) is 5.57. The highest BCUT2D eigenvalue weighted by atomic mass is 19.1. The van der Waals surface area contributed by atoms with Crippen molar-refractivity contribution in [3.63, 3.8) is 0 Å². The van der Waals surface area contributed by atoms with Crippen LogP contribution in [-0.4, -0.2) is 28.7 Å². The molecule has 2 aliphatic rings. The lowest BCUT2D eigenvalue weighted by Gasteiger charge is -2.45. The Bertz CT molecular complexity index is 758.